The summed E-state index contributed by atoms with van der Waals surface area (Å²) in [6.07, 6.45) is 3.51. The number of aromatic nitrogens is 1. The highest BCUT2D eigenvalue weighted by atomic mass is 35.5. The lowest BCUT2D eigenvalue weighted by atomic mass is 10.3. The maximum absolute atomic E-state index is 11.1. The lowest BCUT2D eigenvalue weighted by molar-refractivity contribution is -0.385. The van der Waals surface area contributed by atoms with Crippen molar-refractivity contribution in [1.29, 1.82) is 0 Å². The van der Waals surface area contributed by atoms with Gasteiger partial charge in [-0.1, -0.05) is 18.5 Å². The standard InChI is InChI=1S/C10H14ClN3O3S/c1-7(18(2)17)3-4-12-10-9(11)5-8(6-13-10)14(15)16/h5-7H,3-4H2,1-2H3,(H,12,13). The molecule has 0 aromatic carbocycles. The summed E-state index contributed by atoms with van der Waals surface area (Å²) in [6, 6.07) is 1.25. The second-order valence-corrected chi connectivity index (χ2v) is 6.01. The molecule has 1 N–H and O–H groups in total. The molecule has 0 aliphatic carbocycles. The van der Waals surface area contributed by atoms with Crippen molar-refractivity contribution in [3.8, 4) is 0 Å². The predicted molar refractivity (Wildman–Crippen MR) is 72.5 cm³/mol. The Morgan fingerprint density at radius 1 is 1.67 bits per heavy atom. The molecule has 1 aromatic rings. The van der Waals surface area contributed by atoms with Gasteiger partial charge in [0.1, 0.15) is 12.0 Å². The summed E-state index contributed by atoms with van der Waals surface area (Å²) in [7, 11) is -0.866. The first-order valence-corrected chi connectivity index (χ1v) is 7.27. The van der Waals surface area contributed by atoms with Gasteiger partial charge in [-0.05, 0) is 6.42 Å². The third-order valence-electron chi connectivity index (χ3n) is 2.45. The van der Waals surface area contributed by atoms with Gasteiger partial charge in [-0.15, -0.1) is 0 Å². The average Bonchev–Trinajstić information content (AvgIpc) is 2.30. The summed E-state index contributed by atoms with van der Waals surface area (Å²) < 4.78 is 11.1. The molecule has 0 radical (unpaired) electrons. The van der Waals surface area contributed by atoms with Gasteiger partial charge in [0.2, 0.25) is 0 Å². The fraction of sp³-hybridized carbons (Fsp3) is 0.500. The van der Waals surface area contributed by atoms with Crippen molar-refractivity contribution in [2.75, 3.05) is 18.1 Å². The molecule has 18 heavy (non-hydrogen) atoms. The van der Waals surface area contributed by atoms with Crippen molar-refractivity contribution >= 4 is 33.9 Å². The van der Waals surface area contributed by atoms with E-state index in [0.717, 1.165) is 6.20 Å². The Morgan fingerprint density at radius 3 is 2.83 bits per heavy atom. The van der Waals surface area contributed by atoms with Crippen molar-refractivity contribution in [2.24, 2.45) is 0 Å². The minimum atomic E-state index is -0.866. The predicted octanol–water partition coefficient (Wildman–Crippen LogP) is 2.21. The van der Waals surface area contributed by atoms with Crippen LogP contribution in [-0.4, -0.2) is 32.2 Å². The molecule has 1 rings (SSSR count). The molecule has 0 saturated heterocycles. The normalized spacial score (nSPS) is 13.9. The van der Waals surface area contributed by atoms with Crippen LogP contribution in [0, 0.1) is 10.1 Å². The number of halogens is 1. The molecule has 0 spiro atoms. The highest BCUT2D eigenvalue weighted by Crippen LogP contribution is 2.23. The Bertz CT molecular complexity index is 470. The summed E-state index contributed by atoms with van der Waals surface area (Å²) in [4.78, 5) is 13.8. The Labute approximate surface area is 112 Å². The molecule has 2 atom stereocenters. The summed E-state index contributed by atoms with van der Waals surface area (Å²) >= 11 is 5.86. The molecule has 2 unspecified atom stereocenters. The molecule has 0 bridgehead atoms. The van der Waals surface area contributed by atoms with Crippen molar-refractivity contribution in [3.05, 3.63) is 27.4 Å². The first kappa shape index (κ1) is 14.8. The molecule has 0 amide bonds. The second kappa shape index (κ2) is 6.65. The van der Waals surface area contributed by atoms with Gasteiger partial charge >= 0.3 is 0 Å². The Hall–Kier alpha value is -1.21. The van der Waals surface area contributed by atoms with Crippen LogP contribution < -0.4 is 5.32 Å². The van der Waals surface area contributed by atoms with Crippen LogP contribution in [0.15, 0.2) is 12.3 Å². The van der Waals surface area contributed by atoms with Crippen molar-refractivity contribution in [3.63, 3.8) is 0 Å². The van der Waals surface area contributed by atoms with Gasteiger partial charge in [0.15, 0.2) is 0 Å². The molecule has 100 valence electrons. The lowest BCUT2D eigenvalue weighted by Gasteiger charge is -2.10. The maximum atomic E-state index is 11.1. The number of nitrogens with one attached hydrogen (secondary N) is 1. The summed E-state index contributed by atoms with van der Waals surface area (Å²) in [5, 5.41) is 13.7. The van der Waals surface area contributed by atoms with Crippen molar-refractivity contribution in [2.45, 2.75) is 18.6 Å². The van der Waals surface area contributed by atoms with Crippen LogP contribution in [0.5, 0.6) is 0 Å². The number of nitro groups is 1. The molecule has 1 aromatic heterocycles. The monoisotopic (exact) mass is 291 g/mol. The average molecular weight is 292 g/mol. The zero-order valence-electron chi connectivity index (χ0n) is 10.1. The van der Waals surface area contributed by atoms with Crippen LogP contribution in [0.3, 0.4) is 0 Å². The fourth-order valence-electron chi connectivity index (χ4n) is 1.22. The summed E-state index contributed by atoms with van der Waals surface area (Å²) in [5.41, 5.74) is -0.145. The Kier molecular flexibility index (Phi) is 5.49. The smallest absolute Gasteiger partial charge is 0.289 e. The maximum Gasteiger partial charge on any atom is 0.289 e. The fourth-order valence-corrected chi connectivity index (χ4v) is 1.89. The summed E-state index contributed by atoms with van der Waals surface area (Å²) in [5.74, 6) is 0.399. The van der Waals surface area contributed by atoms with Crippen molar-refractivity contribution < 1.29 is 9.13 Å². The quantitative estimate of drug-likeness (QED) is 0.641. The molecule has 0 aliphatic heterocycles. The molecule has 6 nitrogen and oxygen atoms in total. The van der Waals surface area contributed by atoms with Gasteiger partial charge in [0.05, 0.1) is 9.95 Å². The van der Waals surface area contributed by atoms with E-state index in [4.69, 9.17) is 11.6 Å². The van der Waals surface area contributed by atoms with Gasteiger partial charge in [-0.2, -0.15) is 0 Å². The highest BCUT2D eigenvalue weighted by molar-refractivity contribution is 7.84. The second-order valence-electron chi connectivity index (χ2n) is 3.81. The van der Waals surface area contributed by atoms with E-state index in [1.165, 1.54) is 6.07 Å². The van der Waals surface area contributed by atoms with Gasteiger partial charge in [-0.3, -0.25) is 14.3 Å². The number of anilines is 1. The van der Waals surface area contributed by atoms with E-state index >= 15 is 0 Å². The molecular weight excluding hydrogens is 278 g/mol. The zero-order valence-corrected chi connectivity index (χ0v) is 11.6. The van der Waals surface area contributed by atoms with Crippen LogP contribution in [0.2, 0.25) is 5.02 Å². The van der Waals surface area contributed by atoms with E-state index in [-0.39, 0.29) is 16.0 Å². The molecule has 0 saturated carbocycles. The molecule has 0 fully saturated rings. The van der Waals surface area contributed by atoms with Crippen LogP contribution in [0.1, 0.15) is 13.3 Å². The highest BCUT2D eigenvalue weighted by Gasteiger charge is 2.11. The van der Waals surface area contributed by atoms with E-state index in [2.05, 4.69) is 10.3 Å². The van der Waals surface area contributed by atoms with Crippen LogP contribution in [0.4, 0.5) is 11.5 Å². The van der Waals surface area contributed by atoms with Crippen LogP contribution in [0.25, 0.3) is 0 Å². The third-order valence-corrected chi connectivity index (χ3v) is 4.10. The van der Waals surface area contributed by atoms with E-state index in [0.29, 0.717) is 18.8 Å². The van der Waals surface area contributed by atoms with Gasteiger partial charge in [-0.25, -0.2) is 4.98 Å². The minimum Gasteiger partial charge on any atom is -0.369 e. The Morgan fingerprint density at radius 2 is 2.33 bits per heavy atom. The van der Waals surface area contributed by atoms with E-state index in [1.54, 1.807) is 6.26 Å². The first-order valence-electron chi connectivity index (χ1n) is 5.28. The number of nitrogens with zero attached hydrogens (tertiary/aromatic N) is 2. The van der Waals surface area contributed by atoms with Gasteiger partial charge in [0.25, 0.3) is 5.69 Å². The molecule has 1 heterocycles. The van der Waals surface area contributed by atoms with Crippen LogP contribution in [-0.2, 0) is 10.8 Å². The third kappa shape index (κ3) is 4.23. The van der Waals surface area contributed by atoms with E-state index < -0.39 is 15.7 Å². The van der Waals surface area contributed by atoms with E-state index in [1.807, 2.05) is 6.92 Å². The number of hydrogen-bond donors (Lipinski definition) is 1. The summed E-state index contributed by atoms with van der Waals surface area (Å²) in [6.45, 7) is 2.45. The van der Waals surface area contributed by atoms with Gasteiger partial charge in [0, 0.05) is 34.9 Å². The molecular formula is C10H14ClN3O3S. The SMILES string of the molecule is CC(CCNc1ncc([N+](=O)[O-])cc1Cl)S(C)=O. The Balaban J connectivity index is 2.58. The van der Waals surface area contributed by atoms with Gasteiger partial charge < -0.3 is 5.32 Å². The topological polar surface area (TPSA) is 85.1 Å². The molecule has 8 heteroatoms. The number of pyridine rings is 1. The number of hydrogen-bond acceptors (Lipinski definition) is 5. The first-order chi connectivity index (χ1) is 8.41. The minimum absolute atomic E-state index is 0.0781. The van der Waals surface area contributed by atoms with E-state index in [9.17, 15) is 14.3 Å². The number of rotatable bonds is 6. The lowest BCUT2D eigenvalue weighted by Crippen LogP contribution is -2.15. The largest absolute Gasteiger partial charge is 0.369 e. The van der Waals surface area contributed by atoms with Crippen molar-refractivity contribution in [1.82, 2.24) is 4.98 Å². The zero-order chi connectivity index (χ0) is 13.7. The van der Waals surface area contributed by atoms with Crippen LogP contribution >= 0.6 is 11.6 Å². The molecule has 0 aliphatic rings.